The lowest BCUT2D eigenvalue weighted by molar-refractivity contribution is 0.0719. The number of hydrogen-bond donors (Lipinski definition) is 0. The van der Waals surface area contributed by atoms with Crippen LogP contribution in [0.1, 0.15) is 45.7 Å². The quantitative estimate of drug-likeness (QED) is 0.491. The number of imide groups is 1. The molecular weight excluding hydrogens is 497 g/mol. The molecule has 0 unspecified atom stereocenters. The van der Waals surface area contributed by atoms with Crippen LogP contribution in [-0.2, 0) is 0 Å². The number of amides is 4. The van der Waals surface area contributed by atoms with Gasteiger partial charge in [-0.25, -0.2) is 14.2 Å². The molecule has 0 saturated carbocycles. The molecule has 3 heterocycles. The molecular formula is C30H32FN5O3. The molecule has 1 aromatic heterocycles. The maximum Gasteiger partial charge on any atom is 0.332 e. The first-order valence-electron chi connectivity index (χ1n) is 13.0. The van der Waals surface area contributed by atoms with Crippen LogP contribution in [0.3, 0.4) is 0 Å². The van der Waals surface area contributed by atoms with Crippen molar-refractivity contribution in [1.82, 2.24) is 14.8 Å². The largest absolute Gasteiger partial charge is 0.353 e. The van der Waals surface area contributed by atoms with Crippen molar-refractivity contribution in [3.05, 3.63) is 88.9 Å². The fourth-order valence-electron chi connectivity index (χ4n) is 5.35. The van der Waals surface area contributed by atoms with Crippen LogP contribution in [0.4, 0.5) is 20.7 Å². The molecule has 8 nitrogen and oxygen atoms in total. The summed E-state index contributed by atoms with van der Waals surface area (Å²) < 4.78 is 15.3. The van der Waals surface area contributed by atoms with Gasteiger partial charge in [-0.1, -0.05) is 24.3 Å². The van der Waals surface area contributed by atoms with Gasteiger partial charge >= 0.3 is 6.03 Å². The Balaban J connectivity index is 1.29. The molecule has 0 radical (unpaired) electrons. The molecule has 2 aliphatic rings. The number of anilines is 2. The number of carbonyl (C=O) groups excluding carboxylic acids is 3. The SMILES string of the molecule is Cc1cnc(N2CCN(C(=O)c3ccc(N4CC(C)(C)N(C(=O)c5ccccc5)C4=O)cc3F)CC2)c(C)c1. The predicted octanol–water partition coefficient (Wildman–Crippen LogP) is 4.66. The first-order valence-corrected chi connectivity index (χ1v) is 13.0. The van der Waals surface area contributed by atoms with Gasteiger partial charge in [-0.2, -0.15) is 0 Å². The normalized spacial score (nSPS) is 17.1. The minimum atomic E-state index is -0.806. The number of carbonyl (C=O) groups is 3. The van der Waals surface area contributed by atoms with E-state index in [1.54, 1.807) is 55.1 Å². The minimum Gasteiger partial charge on any atom is -0.353 e. The Hall–Kier alpha value is -4.27. The van der Waals surface area contributed by atoms with Crippen molar-refractivity contribution in [2.45, 2.75) is 33.2 Å². The molecule has 2 aromatic carbocycles. The standard InChI is InChI=1S/C30H32FN5O3/c1-20-16-21(2)26(32-18-20)33-12-14-34(15-13-33)28(38)24-11-10-23(17-25(24)31)35-19-30(3,4)36(29(35)39)27(37)22-8-6-5-7-9-22/h5-11,16-18H,12-15,19H2,1-4H3. The average Bonchev–Trinajstić information content (AvgIpc) is 3.16. The van der Waals surface area contributed by atoms with Gasteiger partial charge in [-0.15, -0.1) is 0 Å². The zero-order chi connectivity index (χ0) is 27.9. The molecule has 4 amide bonds. The van der Waals surface area contributed by atoms with Crippen molar-refractivity contribution in [3.8, 4) is 0 Å². The van der Waals surface area contributed by atoms with Crippen molar-refractivity contribution in [2.24, 2.45) is 0 Å². The zero-order valence-electron chi connectivity index (χ0n) is 22.6. The van der Waals surface area contributed by atoms with E-state index in [-0.39, 0.29) is 18.0 Å². The second kappa shape index (κ2) is 10.1. The van der Waals surface area contributed by atoms with E-state index in [1.165, 1.54) is 21.9 Å². The molecule has 0 spiro atoms. The molecule has 9 heteroatoms. The lowest BCUT2D eigenvalue weighted by Gasteiger charge is -2.36. The molecule has 0 atom stereocenters. The van der Waals surface area contributed by atoms with Crippen molar-refractivity contribution in [2.75, 3.05) is 42.5 Å². The molecule has 2 fully saturated rings. The van der Waals surface area contributed by atoms with Crippen LogP contribution in [0.25, 0.3) is 0 Å². The van der Waals surface area contributed by atoms with Gasteiger partial charge in [0.15, 0.2) is 0 Å². The third kappa shape index (κ3) is 4.96. The summed E-state index contributed by atoms with van der Waals surface area (Å²) in [7, 11) is 0. The van der Waals surface area contributed by atoms with Crippen LogP contribution in [-0.4, -0.2) is 70.9 Å². The number of nitrogens with zero attached hydrogens (tertiary/aromatic N) is 5. The van der Waals surface area contributed by atoms with Gasteiger partial charge in [0.1, 0.15) is 11.6 Å². The number of piperazine rings is 1. The first kappa shape index (κ1) is 26.3. The minimum absolute atomic E-state index is 0.0417. The Morgan fingerprint density at radius 1 is 0.923 bits per heavy atom. The topological polar surface area (TPSA) is 77.1 Å². The van der Waals surface area contributed by atoms with Crippen LogP contribution < -0.4 is 9.80 Å². The molecule has 39 heavy (non-hydrogen) atoms. The Morgan fingerprint density at radius 3 is 2.26 bits per heavy atom. The molecule has 2 aliphatic heterocycles. The van der Waals surface area contributed by atoms with Crippen molar-refractivity contribution in [3.63, 3.8) is 0 Å². The predicted molar refractivity (Wildman–Crippen MR) is 148 cm³/mol. The number of benzene rings is 2. The Bertz CT molecular complexity index is 1430. The van der Waals surface area contributed by atoms with E-state index in [2.05, 4.69) is 16.0 Å². The second-order valence-electron chi connectivity index (χ2n) is 10.8. The highest BCUT2D eigenvalue weighted by molar-refractivity contribution is 6.11. The molecule has 0 N–H and O–H groups in total. The van der Waals surface area contributed by atoms with Crippen molar-refractivity contribution in [1.29, 1.82) is 0 Å². The lowest BCUT2D eigenvalue weighted by atomic mass is 10.0. The summed E-state index contributed by atoms with van der Waals surface area (Å²) in [6, 6.07) is 14.3. The molecule has 202 valence electrons. The monoisotopic (exact) mass is 529 g/mol. The number of rotatable bonds is 4. The number of hydrogen-bond acceptors (Lipinski definition) is 5. The lowest BCUT2D eigenvalue weighted by Crippen LogP contribution is -2.49. The fraction of sp³-hybridized carbons (Fsp3) is 0.333. The summed E-state index contributed by atoms with van der Waals surface area (Å²) >= 11 is 0. The summed E-state index contributed by atoms with van der Waals surface area (Å²) in [5, 5.41) is 0. The number of pyridine rings is 1. The number of halogens is 1. The van der Waals surface area contributed by atoms with Crippen LogP contribution in [0.5, 0.6) is 0 Å². The van der Waals surface area contributed by atoms with E-state index in [1.807, 2.05) is 20.0 Å². The van der Waals surface area contributed by atoms with E-state index in [0.29, 0.717) is 37.4 Å². The summed E-state index contributed by atoms with van der Waals surface area (Å²) in [5.74, 6) is -0.590. The highest BCUT2D eigenvalue weighted by Gasteiger charge is 2.47. The van der Waals surface area contributed by atoms with Gasteiger partial charge in [0.2, 0.25) is 0 Å². The van der Waals surface area contributed by atoms with E-state index in [4.69, 9.17) is 0 Å². The maximum absolute atomic E-state index is 15.3. The van der Waals surface area contributed by atoms with Gasteiger partial charge in [-0.05, 0) is 69.2 Å². The highest BCUT2D eigenvalue weighted by atomic mass is 19.1. The van der Waals surface area contributed by atoms with Crippen molar-refractivity contribution >= 4 is 29.4 Å². The average molecular weight is 530 g/mol. The summed E-state index contributed by atoms with van der Waals surface area (Å²) in [4.78, 5) is 50.6. The smallest absolute Gasteiger partial charge is 0.332 e. The van der Waals surface area contributed by atoms with Gasteiger partial charge < -0.3 is 9.80 Å². The molecule has 0 aliphatic carbocycles. The van der Waals surface area contributed by atoms with E-state index in [9.17, 15) is 14.4 Å². The third-order valence-electron chi connectivity index (χ3n) is 7.34. The van der Waals surface area contributed by atoms with Crippen LogP contribution >= 0.6 is 0 Å². The summed E-state index contributed by atoms with van der Waals surface area (Å²) in [5.41, 5.74) is 2.04. The van der Waals surface area contributed by atoms with Crippen LogP contribution in [0, 0.1) is 19.7 Å². The highest BCUT2D eigenvalue weighted by Crippen LogP contribution is 2.33. The van der Waals surface area contributed by atoms with Gasteiger partial charge in [0, 0.05) is 43.6 Å². The molecule has 2 saturated heterocycles. The van der Waals surface area contributed by atoms with Gasteiger partial charge in [0.05, 0.1) is 17.6 Å². The number of urea groups is 1. The number of aromatic nitrogens is 1. The van der Waals surface area contributed by atoms with Crippen LogP contribution in [0.2, 0.25) is 0 Å². The zero-order valence-corrected chi connectivity index (χ0v) is 22.6. The maximum atomic E-state index is 15.3. The molecule has 5 rings (SSSR count). The van der Waals surface area contributed by atoms with Gasteiger partial charge in [0.25, 0.3) is 11.8 Å². The third-order valence-corrected chi connectivity index (χ3v) is 7.34. The first-order chi connectivity index (χ1) is 18.6. The Labute approximate surface area is 227 Å². The van der Waals surface area contributed by atoms with E-state index >= 15 is 4.39 Å². The summed E-state index contributed by atoms with van der Waals surface area (Å²) in [6.07, 6.45) is 1.83. The Morgan fingerprint density at radius 2 is 1.62 bits per heavy atom. The molecule has 3 aromatic rings. The van der Waals surface area contributed by atoms with Crippen molar-refractivity contribution < 1.29 is 18.8 Å². The Kier molecular flexibility index (Phi) is 6.84. The van der Waals surface area contributed by atoms with E-state index in [0.717, 1.165) is 16.9 Å². The van der Waals surface area contributed by atoms with Gasteiger partial charge in [-0.3, -0.25) is 19.4 Å². The number of aryl methyl sites for hydroxylation is 2. The summed E-state index contributed by atoms with van der Waals surface area (Å²) in [6.45, 7) is 9.92. The fourth-order valence-corrected chi connectivity index (χ4v) is 5.35. The molecule has 0 bridgehead atoms. The van der Waals surface area contributed by atoms with Crippen LogP contribution in [0.15, 0.2) is 60.8 Å². The van der Waals surface area contributed by atoms with E-state index < -0.39 is 23.3 Å². The second-order valence-corrected chi connectivity index (χ2v) is 10.8.